The summed E-state index contributed by atoms with van der Waals surface area (Å²) in [5.74, 6) is -0.692. The molecule has 1 aliphatic rings. The highest BCUT2D eigenvalue weighted by atomic mass is 16.5. The van der Waals surface area contributed by atoms with Crippen LogP contribution in [-0.2, 0) is 14.3 Å². The molecule has 0 spiro atoms. The van der Waals surface area contributed by atoms with Crippen molar-refractivity contribution in [3.63, 3.8) is 0 Å². The molecule has 0 bridgehead atoms. The minimum absolute atomic E-state index is 0.321. The molecule has 0 aromatic heterocycles. The van der Waals surface area contributed by atoms with Crippen LogP contribution in [0.1, 0.15) is 13.3 Å². The van der Waals surface area contributed by atoms with Gasteiger partial charge in [-0.2, -0.15) is 0 Å². The van der Waals surface area contributed by atoms with Gasteiger partial charge in [0.25, 0.3) is 0 Å². The van der Waals surface area contributed by atoms with E-state index >= 15 is 0 Å². The van der Waals surface area contributed by atoms with Crippen molar-refractivity contribution in [3.8, 4) is 0 Å². The summed E-state index contributed by atoms with van der Waals surface area (Å²) < 4.78 is 4.65. The Kier molecular flexibility index (Phi) is 2.65. The fourth-order valence-corrected chi connectivity index (χ4v) is 0.930. The molecule has 5 heteroatoms. The standard InChI is InChI=1S/C7H12N2O3/c1-4(8)6(10)9-5-2-3-12-7(5)11/h4-5H,2-3,8H2,1H3,(H,9,10). The van der Waals surface area contributed by atoms with Crippen LogP contribution in [0.4, 0.5) is 0 Å². The minimum atomic E-state index is -0.585. The van der Waals surface area contributed by atoms with Crippen LogP contribution >= 0.6 is 0 Å². The van der Waals surface area contributed by atoms with Crippen LogP contribution in [0.3, 0.4) is 0 Å². The van der Waals surface area contributed by atoms with Crippen molar-refractivity contribution in [3.05, 3.63) is 0 Å². The highest BCUT2D eigenvalue weighted by Gasteiger charge is 2.28. The van der Waals surface area contributed by atoms with E-state index in [1.165, 1.54) is 0 Å². The van der Waals surface area contributed by atoms with Gasteiger partial charge >= 0.3 is 5.97 Å². The fraction of sp³-hybridized carbons (Fsp3) is 0.714. The average molecular weight is 172 g/mol. The Bertz CT molecular complexity index is 203. The molecule has 12 heavy (non-hydrogen) atoms. The molecule has 5 nitrogen and oxygen atoms in total. The largest absolute Gasteiger partial charge is 0.464 e. The summed E-state index contributed by atoms with van der Waals surface area (Å²) in [5, 5.41) is 2.49. The van der Waals surface area contributed by atoms with E-state index in [0.717, 1.165) is 0 Å². The molecule has 68 valence electrons. The Morgan fingerprint density at radius 3 is 2.92 bits per heavy atom. The van der Waals surface area contributed by atoms with Crippen LogP contribution in [0.25, 0.3) is 0 Å². The SMILES string of the molecule is CC(N)C(=O)NC1CCOC1=O. The molecule has 0 aromatic carbocycles. The van der Waals surface area contributed by atoms with Crippen molar-refractivity contribution in [2.45, 2.75) is 25.4 Å². The molecule has 1 aliphatic heterocycles. The topological polar surface area (TPSA) is 81.4 Å². The number of nitrogens with one attached hydrogen (secondary N) is 1. The predicted octanol–water partition coefficient (Wildman–Crippen LogP) is -1.23. The van der Waals surface area contributed by atoms with Crippen molar-refractivity contribution in [2.24, 2.45) is 5.73 Å². The second-order valence-corrected chi connectivity index (χ2v) is 2.81. The Labute approximate surface area is 70.2 Å². The van der Waals surface area contributed by atoms with Gasteiger partial charge in [-0.3, -0.25) is 4.79 Å². The van der Waals surface area contributed by atoms with Crippen molar-refractivity contribution < 1.29 is 14.3 Å². The molecular formula is C7H12N2O3. The van der Waals surface area contributed by atoms with E-state index in [-0.39, 0.29) is 11.9 Å². The molecule has 0 aromatic rings. The third-order valence-corrected chi connectivity index (χ3v) is 1.67. The van der Waals surface area contributed by atoms with Crippen LogP contribution in [-0.4, -0.2) is 30.6 Å². The highest BCUT2D eigenvalue weighted by Crippen LogP contribution is 2.05. The number of nitrogens with two attached hydrogens (primary N) is 1. The Morgan fingerprint density at radius 2 is 2.50 bits per heavy atom. The molecule has 1 saturated heterocycles. The molecule has 2 atom stereocenters. The molecule has 3 N–H and O–H groups in total. The maximum atomic E-state index is 11.0. The molecule has 1 rings (SSSR count). The van der Waals surface area contributed by atoms with Crippen molar-refractivity contribution in [2.75, 3.05) is 6.61 Å². The van der Waals surface area contributed by atoms with Crippen LogP contribution < -0.4 is 11.1 Å². The summed E-state index contributed by atoms with van der Waals surface area (Å²) in [5.41, 5.74) is 5.30. The summed E-state index contributed by atoms with van der Waals surface area (Å²) in [6.07, 6.45) is 0.539. The van der Waals surface area contributed by atoms with Gasteiger partial charge in [0.15, 0.2) is 0 Å². The van der Waals surface area contributed by atoms with E-state index in [9.17, 15) is 9.59 Å². The van der Waals surface area contributed by atoms with E-state index in [1.807, 2.05) is 0 Å². The number of cyclic esters (lactones) is 1. The number of rotatable bonds is 2. The van der Waals surface area contributed by atoms with Crippen LogP contribution in [0.15, 0.2) is 0 Å². The maximum Gasteiger partial charge on any atom is 0.328 e. The lowest BCUT2D eigenvalue weighted by Crippen LogP contribution is -2.45. The van der Waals surface area contributed by atoms with Gasteiger partial charge in [-0.25, -0.2) is 4.79 Å². The Hall–Kier alpha value is -1.10. The third kappa shape index (κ3) is 1.94. The van der Waals surface area contributed by atoms with Crippen molar-refractivity contribution in [1.82, 2.24) is 5.32 Å². The zero-order chi connectivity index (χ0) is 9.14. The fourth-order valence-electron chi connectivity index (χ4n) is 0.930. The first-order valence-corrected chi connectivity index (χ1v) is 3.84. The van der Waals surface area contributed by atoms with E-state index in [2.05, 4.69) is 10.1 Å². The lowest BCUT2D eigenvalue weighted by molar-refractivity contribution is -0.141. The minimum Gasteiger partial charge on any atom is -0.464 e. The quantitative estimate of drug-likeness (QED) is 0.511. The summed E-state index contributed by atoms with van der Waals surface area (Å²) >= 11 is 0. The normalized spacial score (nSPS) is 24.8. The predicted molar refractivity (Wildman–Crippen MR) is 41.2 cm³/mol. The summed E-state index contributed by atoms with van der Waals surface area (Å²) in [6.45, 7) is 1.94. The van der Waals surface area contributed by atoms with Crippen molar-refractivity contribution >= 4 is 11.9 Å². The molecule has 0 radical (unpaired) electrons. The number of hydrogen-bond acceptors (Lipinski definition) is 4. The zero-order valence-corrected chi connectivity index (χ0v) is 6.87. The average Bonchev–Trinajstić information content (AvgIpc) is 2.36. The van der Waals surface area contributed by atoms with Gasteiger partial charge in [-0.15, -0.1) is 0 Å². The first-order chi connectivity index (χ1) is 5.61. The lowest BCUT2D eigenvalue weighted by atomic mass is 10.2. The van der Waals surface area contributed by atoms with Crippen LogP contribution in [0.2, 0.25) is 0 Å². The number of amides is 1. The summed E-state index contributed by atoms with van der Waals surface area (Å²) in [6, 6.07) is -1.08. The first kappa shape index (κ1) is 8.99. The number of ether oxygens (including phenoxy) is 1. The molecule has 1 amide bonds. The summed E-state index contributed by atoms with van der Waals surface area (Å²) in [4.78, 5) is 21.9. The highest BCUT2D eigenvalue weighted by molar-refractivity contribution is 5.87. The summed E-state index contributed by atoms with van der Waals surface area (Å²) in [7, 11) is 0. The van der Waals surface area contributed by atoms with E-state index in [4.69, 9.17) is 5.73 Å². The number of esters is 1. The number of carbonyl (C=O) groups excluding carboxylic acids is 2. The molecule has 1 heterocycles. The number of carbonyl (C=O) groups is 2. The van der Waals surface area contributed by atoms with E-state index in [0.29, 0.717) is 13.0 Å². The molecule has 2 unspecified atom stereocenters. The zero-order valence-electron chi connectivity index (χ0n) is 6.87. The second-order valence-electron chi connectivity index (χ2n) is 2.81. The lowest BCUT2D eigenvalue weighted by Gasteiger charge is -2.10. The third-order valence-electron chi connectivity index (χ3n) is 1.67. The van der Waals surface area contributed by atoms with E-state index in [1.54, 1.807) is 6.92 Å². The molecule has 1 fully saturated rings. The monoisotopic (exact) mass is 172 g/mol. The van der Waals surface area contributed by atoms with Crippen molar-refractivity contribution in [1.29, 1.82) is 0 Å². The molecular weight excluding hydrogens is 160 g/mol. The second kappa shape index (κ2) is 3.53. The van der Waals surface area contributed by atoms with E-state index < -0.39 is 12.1 Å². The van der Waals surface area contributed by atoms with Gasteiger partial charge in [-0.05, 0) is 6.92 Å². The van der Waals surface area contributed by atoms with Gasteiger partial charge in [-0.1, -0.05) is 0 Å². The van der Waals surface area contributed by atoms with Crippen LogP contribution in [0.5, 0.6) is 0 Å². The molecule has 0 aliphatic carbocycles. The first-order valence-electron chi connectivity index (χ1n) is 3.84. The Balaban J connectivity index is 2.40. The van der Waals surface area contributed by atoms with Gasteiger partial charge in [0, 0.05) is 6.42 Å². The Morgan fingerprint density at radius 1 is 1.83 bits per heavy atom. The van der Waals surface area contributed by atoms with Crippen LogP contribution in [0, 0.1) is 0 Å². The molecule has 0 saturated carbocycles. The number of hydrogen-bond donors (Lipinski definition) is 2. The van der Waals surface area contributed by atoms with Gasteiger partial charge in [0.2, 0.25) is 5.91 Å². The van der Waals surface area contributed by atoms with Gasteiger partial charge < -0.3 is 15.8 Å². The van der Waals surface area contributed by atoms with Gasteiger partial charge in [0.1, 0.15) is 6.04 Å². The van der Waals surface area contributed by atoms with Gasteiger partial charge in [0.05, 0.1) is 12.6 Å². The smallest absolute Gasteiger partial charge is 0.328 e. The maximum absolute atomic E-state index is 11.0.